The zero-order chi connectivity index (χ0) is 23.8. The number of amides is 1. The average Bonchev–Trinajstić information content (AvgIpc) is 3.27. The molecule has 0 aliphatic carbocycles. The molecule has 0 unspecified atom stereocenters. The zero-order valence-electron chi connectivity index (χ0n) is 19.8. The third kappa shape index (κ3) is 6.32. The normalized spacial score (nSPS) is 14.9. The third-order valence-corrected chi connectivity index (χ3v) is 7.74. The SMILES string of the molecule is CCCc1noc(CCC(=O)Nc2cc(S(=O)(=O)N3CCCCC3)ccc2N(CC)CC)n1. The minimum Gasteiger partial charge on any atom is -0.370 e. The van der Waals surface area contributed by atoms with Crippen LogP contribution in [0.25, 0.3) is 0 Å². The molecule has 1 aliphatic rings. The van der Waals surface area contributed by atoms with Gasteiger partial charge in [-0.05, 0) is 51.3 Å². The van der Waals surface area contributed by atoms with Gasteiger partial charge in [0.25, 0.3) is 0 Å². The first-order valence-electron chi connectivity index (χ1n) is 11.9. The molecule has 0 atom stereocenters. The van der Waals surface area contributed by atoms with Crippen molar-refractivity contribution in [3.8, 4) is 0 Å². The van der Waals surface area contributed by atoms with Gasteiger partial charge < -0.3 is 14.7 Å². The van der Waals surface area contributed by atoms with E-state index in [4.69, 9.17) is 4.52 Å². The minimum absolute atomic E-state index is 0.161. The smallest absolute Gasteiger partial charge is 0.243 e. The van der Waals surface area contributed by atoms with E-state index in [-0.39, 0.29) is 17.2 Å². The first-order valence-corrected chi connectivity index (χ1v) is 13.3. The second-order valence-electron chi connectivity index (χ2n) is 8.22. The molecule has 1 amide bonds. The largest absolute Gasteiger partial charge is 0.370 e. The first kappa shape index (κ1) is 25.2. The number of aryl methyl sites for hydroxylation is 2. The molecule has 1 N–H and O–H groups in total. The summed E-state index contributed by atoms with van der Waals surface area (Å²) in [5, 5.41) is 6.84. The van der Waals surface area contributed by atoms with Crippen LogP contribution in [0.4, 0.5) is 11.4 Å². The number of anilines is 2. The second-order valence-corrected chi connectivity index (χ2v) is 10.2. The van der Waals surface area contributed by atoms with Crippen LogP contribution in [0.3, 0.4) is 0 Å². The van der Waals surface area contributed by atoms with Crippen LogP contribution in [0, 0.1) is 0 Å². The van der Waals surface area contributed by atoms with Gasteiger partial charge in [-0.3, -0.25) is 4.79 Å². The summed E-state index contributed by atoms with van der Waals surface area (Å²) in [7, 11) is -3.60. The lowest BCUT2D eigenvalue weighted by atomic mass is 10.2. The number of carbonyl (C=O) groups is 1. The van der Waals surface area contributed by atoms with Crippen molar-refractivity contribution in [3.05, 3.63) is 29.9 Å². The highest BCUT2D eigenvalue weighted by molar-refractivity contribution is 7.89. The predicted octanol–water partition coefficient (Wildman–Crippen LogP) is 3.61. The molecule has 2 aromatic rings. The number of rotatable bonds is 11. The molecule has 1 fully saturated rings. The Morgan fingerprint density at radius 2 is 1.85 bits per heavy atom. The van der Waals surface area contributed by atoms with Crippen molar-refractivity contribution in [3.63, 3.8) is 0 Å². The van der Waals surface area contributed by atoms with Crippen molar-refractivity contribution >= 4 is 27.3 Å². The molecule has 10 heteroatoms. The highest BCUT2D eigenvalue weighted by Gasteiger charge is 2.27. The summed E-state index contributed by atoms with van der Waals surface area (Å²) in [5.41, 5.74) is 1.30. The molecule has 1 aliphatic heterocycles. The lowest BCUT2D eigenvalue weighted by Gasteiger charge is -2.28. The van der Waals surface area contributed by atoms with Crippen LogP contribution in [0.1, 0.15) is 64.6 Å². The molecule has 1 aromatic carbocycles. The summed E-state index contributed by atoms with van der Waals surface area (Å²) < 4.78 is 33.1. The molecule has 0 saturated carbocycles. The van der Waals surface area contributed by atoms with Crippen LogP contribution in [0.15, 0.2) is 27.6 Å². The summed E-state index contributed by atoms with van der Waals surface area (Å²) in [5.74, 6) is 0.845. The van der Waals surface area contributed by atoms with Crippen LogP contribution in [0.5, 0.6) is 0 Å². The number of hydrogen-bond donors (Lipinski definition) is 1. The summed E-state index contributed by atoms with van der Waals surface area (Å²) >= 11 is 0. The molecule has 1 aromatic heterocycles. The number of hydrogen-bond acceptors (Lipinski definition) is 7. The number of piperidine rings is 1. The molecule has 3 rings (SSSR count). The van der Waals surface area contributed by atoms with Gasteiger partial charge in [0.15, 0.2) is 5.82 Å². The Hall–Kier alpha value is -2.46. The van der Waals surface area contributed by atoms with Crippen LogP contribution in [-0.4, -0.2) is 54.9 Å². The summed E-state index contributed by atoms with van der Waals surface area (Å²) in [6.07, 6.45) is 4.94. The first-order chi connectivity index (χ1) is 15.9. The van der Waals surface area contributed by atoms with Crippen LogP contribution < -0.4 is 10.2 Å². The predicted molar refractivity (Wildman–Crippen MR) is 128 cm³/mol. The molecular weight excluding hydrogens is 442 g/mol. The zero-order valence-corrected chi connectivity index (χ0v) is 20.7. The number of benzene rings is 1. The van der Waals surface area contributed by atoms with E-state index >= 15 is 0 Å². The lowest BCUT2D eigenvalue weighted by molar-refractivity contribution is -0.116. The summed E-state index contributed by atoms with van der Waals surface area (Å²) in [6.45, 7) is 8.63. The van der Waals surface area contributed by atoms with Gasteiger partial charge in [0.2, 0.25) is 21.8 Å². The molecule has 1 saturated heterocycles. The van der Waals surface area contributed by atoms with E-state index in [0.717, 1.165) is 50.9 Å². The summed E-state index contributed by atoms with van der Waals surface area (Å²) in [4.78, 5) is 19.3. The lowest BCUT2D eigenvalue weighted by Crippen LogP contribution is -2.35. The minimum atomic E-state index is -3.60. The van der Waals surface area contributed by atoms with Gasteiger partial charge in [-0.25, -0.2) is 8.42 Å². The molecule has 0 bridgehead atoms. The van der Waals surface area contributed by atoms with Crippen molar-refractivity contribution in [2.75, 3.05) is 36.4 Å². The molecule has 182 valence electrons. The van der Waals surface area contributed by atoms with E-state index in [2.05, 4.69) is 20.4 Å². The van der Waals surface area contributed by atoms with Gasteiger partial charge in [-0.2, -0.15) is 9.29 Å². The molecule has 33 heavy (non-hydrogen) atoms. The van der Waals surface area contributed by atoms with Crippen LogP contribution in [0.2, 0.25) is 0 Å². The van der Waals surface area contributed by atoms with Crippen molar-refractivity contribution in [1.29, 1.82) is 0 Å². The van der Waals surface area contributed by atoms with Crippen LogP contribution >= 0.6 is 0 Å². The Bertz CT molecular complexity index is 1030. The maximum absolute atomic E-state index is 13.2. The number of aromatic nitrogens is 2. The monoisotopic (exact) mass is 477 g/mol. The maximum atomic E-state index is 13.2. The van der Waals surface area contributed by atoms with E-state index in [1.165, 1.54) is 4.31 Å². The van der Waals surface area contributed by atoms with Gasteiger partial charge in [0, 0.05) is 45.4 Å². The quantitative estimate of drug-likeness (QED) is 0.526. The van der Waals surface area contributed by atoms with Crippen molar-refractivity contribution < 1.29 is 17.7 Å². The van der Waals surface area contributed by atoms with Gasteiger partial charge >= 0.3 is 0 Å². The standard InChI is InChI=1S/C23H35N5O4S/c1-4-10-21-25-23(32-26-21)14-13-22(29)24-19-17-18(11-12-20(19)27(5-2)6-3)33(30,31)28-15-8-7-9-16-28/h11-12,17H,4-10,13-16H2,1-3H3,(H,24,29). The van der Waals surface area contributed by atoms with E-state index in [1.807, 2.05) is 20.8 Å². The third-order valence-electron chi connectivity index (χ3n) is 5.85. The molecule has 2 heterocycles. The Morgan fingerprint density at radius 3 is 2.52 bits per heavy atom. The van der Waals surface area contributed by atoms with Crippen molar-refractivity contribution in [2.24, 2.45) is 0 Å². The molecule has 0 radical (unpaired) electrons. The Morgan fingerprint density at radius 1 is 1.12 bits per heavy atom. The van der Waals surface area contributed by atoms with Gasteiger partial charge in [0.1, 0.15) is 0 Å². The number of nitrogens with one attached hydrogen (secondary N) is 1. The number of carbonyl (C=O) groups excluding carboxylic acids is 1. The highest BCUT2D eigenvalue weighted by Crippen LogP contribution is 2.31. The molecule has 9 nitrogen and oxygen atoms in total. The second kappa shape index (κ2) is 11.6. The van der Waals surface area contributed by atoms with E-state index in [1.54, 1.807) is 18.2 Å². The Kier molecular flexibility index (Phi) is 8.85. The van der Waals surface area contributed by atoms with Gasteiger partial charge in [0.05, 0.1) is 16.3 Å². The van der Waals surface area contributed by atoms with E-state index < -0.39 is 10.0 Å². The highest BCUT2D eigenvalue weighted by atomic mass is 32.2. The number of sulfonamides is 1. The number of nitrogens with zero attached hydrogens (tertiary/aromatic N) is 4. The maximum Gasteiger partial charge on any atom is 0.243 e. The van der Waals surface area contributed by atoms with E-state index in [9.17, 15) is 13.2 Å². The average molecular weight is 478 g/mol. The van der Waals surface area contributed by atoms with Gasteiger partial charge in [-0.15, -0.1) is 0 Å². The molecular formula is C23H35N5O4S. The van der Waals surface area contributed by atoms with Crippen molar-refractivity contribution in [1.82, 2.24) is 14.4 Å². The Labute approximate surface area is 196 Å². The van der Waals surface area contributed by atoms with E-state index in [0.29, 0.717) is 36.9 Å². The van der Waals surface area contributed by atoms with Gasteiger partial charge in [-0.1, -0.05) is 18.5 Å². The van der Waals surface area contributed by atoms with Crippen molar-refractivity contribution in [2.45, 2.75) is 70.6 Å². The molecule has 0 spiro atoms. The van der Waals surface area contributed by atoms with Crippen LogP contribution in [-0.2, 0) is 27.7 Å². The fourth-order valence-corrected chi connectivity index (χ4v) is 5.56. The topological polar surface area (TPSA) is 109 Å². The fourth-order valence-electron chi connectivity index (χ4n) is 4.02. The Balaban J connectivity index is 1.79. The fraction of sp³-hybridized carbons (Fsp3) is 0.609. The summed E-state index contributed by atoms with van der Waals surface area (Å²) in [6, 6.07) is 5.01.